The molecule has 1 aromatic heterocycles. The van der Waals surface area contributed by atoms with Crippen molar-refractivity contribution in [2.24, 2.45) is 0 Å². The van der Waals surface area contributed by atoms with Gasteiger partial charge in [0.05, 0.1) is 5.69 Å². The van der Waals surface area contributed by atoms with Crippen LogP contribution in [0.4, 0.5) is 20.9 Å². The van der Waals surface area contributed by atoms with Crippen LogP contribution < -0.4 is 11.1 Å². The van der Waals surface area contributed by atoms with Crippen LogP contribution in [0.2, 0.25) is 0 Å². The van der Waals surface area contributed by atoms with Gasteiger partial charge < -0.3 is 16.0 Å². The van der Waals surface area contributed by atoms with Crippen LogP contribution in [0.5, 0.6) is 0 Å². The van der Waals surface area contributed by atoms with E-state index in [9.17, 15) is 9.18 Å². The zero-order valence-corrected chi connectivity index (χ0v) is 14.7. The van der Waals surface area contributed by atoms with E-state index in [-0.39, 0.29) is 11.6 Å². The number of benzene rings is 2. The summed E-state index contributed by atoms with van der Waals surface area (Å²) in [5.41, 5.74) is 9.01. The van der Waals surface area contributed by atoms with Crippen molar-refractivity contribution >= 4 is 33.8 Å². The summed E-state index contributed by atoms with van der Waals surface area (Å²) in [4.78, 5) is 18.9. The molecule has 3 aromatic rings. The molecule has 7 heteroatoms. The largest absolute Gasteiger partial charge is 0.399 e. The van der Waals surface area contributed by atoms with Crippen molar-refractivity contribution in [2.45, 2.75) is 13.0 Å². The molecule has 0 saturated heterocycles. The number of hydrogen-bond acceptors (Lipinski definition) is 5. The first-order valence-corrected chi connectivity index (χ1v) is 9.12. The molecule has 1 amide bonds. The lowest BCUT2D eigenvalue weighted by Crippen LogP contribution is -2.36. The Morgan fingerprint density at radius 3 is 2.85 bits per heavy atom. The lowest BCUT2D eigenvalue weighted by atomic mass is 10.00. The summed E-state index contributed by atoms with van der Waals surface area (Å²) in [6, 6.07) is 12.6. The van der Waals surface area contributed by atoms with Gasteiger partial charge in [-0.25, -0.2) is 9.37 Å². The van der Waals surface area contributed by atoms with Crippen molar-refractivity contribution in [1.29, 1.82) is 0 Å². The highest BCUT2D eigenvalue weighted by Gasteiger charge is 2.23. The smallest absolute Gasteiger partial charge is 0.273 e. The van der Waals surface area contributed by atoms with Crippen molar-refractivity contribution in [2.75, 3.05) is 17.6 Å². The maximum absolute atomic E-state index is 13.9. The van der Waals surface area contributed by atoms with Gasteiger partial charge in [0, 0.05) is 24.2 Å². The number of anilines is 3. The number of rotatable bonds is 3. The molecule has 132 valence electrons. The number of nitrogens with zero attached hydrogens (tertiary/aromatic N) is 2. The second-order valence-electron chi connectivity index (χ2n) is 6.15. The monoisotopic (exact) mass is 368 g/mol. The number of thiazole rings is 1. The minimum atomic E-state index is -0.458. The van der Waals surface area contributed by atoms with Crippen molar-refractivity contribution < 1.29 is 9.18 Å². The summed E-state index contributed by atoms with van der Waals surface area (Å²) >= 11 is 1.27. The summed E-state index contributed by atoms with van der Waals surface area (Å²) in [6.45, 7) is 1.25. The Bertz CT molecular complexity index is 972. The topological polar surface area (TPSA) is 71.2 Å². The molecule has 0 bridgehead atoms. The molecule has 0 atom stereocenters. The van der Waals surface area contributed by atoms with Gasteiger partial charge in [0.15, 0.2) is 5.13 Å². The Kier molecular flexibility index (Phi) is 4.30. The number of hydrogen-bond donors (Lipinski definition) is 2. The van der Waals surface area contributed by atoms with Crippen LogP contribution in [-0.2, 0) is 13.0 Å². The van der Waals surface area contributed by atoms with Gasteiger partial charge in [0.2, 0.25) is 0 Å². The van der Waals surface area contributed by atoms with Crippen molar-refractivity contribution in [1.82, 2.24) is 9.88 Å². The predicted octanol–water partition coefficient (Wildman–Crippen LogP) is 3.81. The first-order valence-electron chi connectivity index (χ1n) is 8.24. The van der Waals surface area contributed by atoms with Crippen LogP contribution in [0, 0.1) is 5.82 Å². The Balaban J connectivity index is 1.48. The average Bonchev–Trinajstić information content (AvgIpc) is 3.11. The fraction of sp³-hybridized carbons (Fsp3) is 0.158. The number of nitrogen functional groups attached to an aromatic ring is 1. The first kappa shape index (κ1) is 16.5. The van der Waals surface area contributed by atoms with Crippen molar-refractivity contribution in [3.05, 3.63) is 70.5 Å². The van der Waals surface area contributed by atoms with E-state index in [1.807, 2.05) is 18.2 Å². The molecule has 0 aliphatic carbocycles. The Hall–Kier alpha value is -2.93. The van der Waals surface area contributed by atoms with E-state index in [2.05, 4.69) is 16.4 Å². The number of aromatic nitrogens is 1. The van der Waals surface area contributed by atoms with E-state index >= 15 is 0 Å². The minimum absolute atomic E-state index is 0.110. The van der Waals surface area contributed by atoms with E-state index in [1.165, 1.54) is 28.5 Å². The molecular formula is C19H17FN4OS. The third-order valence-corrected chi connectivity index (χ3v) is 5.13. The van der Waals surface area contributed by atoms with Crippen LogP contribution in [0.25, 0.3) is 0 Å². The highest BCUT2D eigenvalue weighted by Crippen LogP contribution is 2.26. The van der Waals surface area contributed by atoms with E-state index in [4.69, 9.17) is 5.73 Å². The fourth-order valence-electron chi connectivity index (χ4n) is 3.01. The maximum atomic E-state index is 13.9. The molecule has 26 heavy (non-hydrogen) atoms. The first-order chi connectivity index (χ1) is 12.6. The number of fused-ring (bicyclic) bond motifs is 1. The Morgan fingerprint density at radius 2 is 2.04 bits per heavy atom. The zero-order chi connectivity index (χ0) is 18.1. The van der Waals surface area contributed by atoms with E-state index < -0.39 is 5.82 Å². The summed E-state index contributed by atoms with van der Waals surface area (Å²) in [5.74, 6) is -0.567. The predicted molar refractivity (Wildman–Crippen MR) is 101 cm³/mol. The number of nitrogens with one attached hydrogen (secondary N) is 1. The molecule has 3 N–H and O–H groups in total. The number of carbonyl (C=O) groups excluding carboxylic acids is 1. The highest BCUT2D eigenvalue weighted by atomic mass is 32.1. The zero-order valence-electron chi connectivity index (χ0n) is 13.9. The van der Waals surface area contributed by atoms with Gasteiger partial charge in [0.1, 0.15) is 11.5 Å². The molecule has 0 fully saturated rings. The molecule has 1 aliphatic heterocycles. The van der Waals surface area contributed by atoms with Gasteiger partial charge in [-0.15, -0.1) is 11.3 Å². The maximum Gasteiger partial charge on any atom is 0.273 e. The third-order valence-electron chi connectivity index (χ3n) is 4.38. The van der Waals surface area contributed by atoms with Gasteiger partial charge >= 0.3 is 0 Å². The minimum Gasteiger partial charge on any atom is -0.399 e. The normalized spacial score (nSPS) is 13.3. The molecule has 0 unspecified atom stereocenters. The Labute approximate surface area is 154 Å². The van der Waals surface area contributed by atoms with Crippen LogP contribution in [0.15, 0.2) is 47.8 Å². The molecule has 0 radical (unpaired) electrons. The standard InChI is InChI=1S/C19H17FN4OS/c20-15-9-14(21)5-6-16(15)22-19-23-17(11-26-19)18(25)24-8-7-12-3-1-2-4-13(12)10-24/h1-6,9,11H,7-8,10,21H2,(H,22,23). The van der Waals surface area contributed by atoms with Crippen LogP contribution in [0.1, 0.15) is 21.6 Å². The third kappa shape index (κ3) is 3.25. The quantitative estimate of drug-likeness (QED) is 0.690. The SMILES string of the molecule is Nc1ccc(Nc2nc(C(=O)N3CCc4ccccc4C3)cs2)c(F)c1. The van der Waals surface area contributed by atoms with Gasteiger partial charge in [-0.1, -0.05) is 24.3 Å². The fourth-order valence-corrected chi connectivity index (χ4v) is 3.71. The van der Waals surface area contributed by atoms with Gasteiger partial charge in [0.25, 0.3) is 5.91 Å². The average molecular weight is 368 g/mol. The highest BCUT2D eigenvalue weighted by molar-refractivity contribution is 7.14. The van der Waals surface area contributed by atoms with E-state index in [0.29, 0.717) is 29.6 Å². The summed E-state index contributed by atoms with van der Waals surface area (Å²) in [7, 11) is 0. The summed E-state index contributed by atoms with van der Waals surface area (Å²) in [5, 5.41) is 5.06. The lowest BCUT2D eigenvalue weighted by molar-refractivity contribution is 0.0729. The summed E-state index contributed by atoms with van der Waals surface area (Å²) in [6.07, 6.45) is 0.841. The van der Waals surface area contributed by atoms with E-state index in [1.54, 1.807) is 22.4 Å². The second kappa shape index (κ2) is 6.76. The molecule has 0 spiro atoms. The van der Waals surface area contributed by atoms with Gasteiger partial charge in [-0.2, -0.15) is 0 Å². The van der Waals surface area contributed by atoms with Gasteiger partial charge in [-0.3, -0.25) is 4.79 Å². The molecule has 0 saturated carbocycles. The van der Waals surface area contributed by atoms with Gasteiger partial charge in [-0.05, 0) is 35.7 Å². The van der Waals surface area contributed by atoms with Crippen LogP contribution in [0.3, 0.4) is 0 Å². The van der Waals surface area contributed by atoms with Crippen molar-refractivity contribution in [3.63, 3.8) is 0 Å². The molecule has 1 aliphatic rings. The molecule has 2 heterocycles. The molecule has 4 rings (SSSR count). The van der Waals surface area contributed by atoms with Crippen LogP contribution in [-0.4, -0.2) is 22.3 Å². The number of halogens is 1. The second-order valence-corrected chi connectivity index (χ2v) is 7.01. The molecule has 5 nitrogen and oxygen atoms in total. The Morgan fingerprint density at radius 1 is 1.23 bits per heavy atom. The number of amides is 1. The van der Waals surface area contributed by atoms with Crippen molar-refractivity contribution in [3.8, 4) is 0 Å². The van der Waals surface area contributed by atoms with Crippen LogP contribution >= 0.6 is 11.3 Å². The summed E-state index contributed by atoms with van der Waals surface area (Å²) < 4.78 is 13.9. The lowest BCUT2D eigenvalue weighted by Gasteiger charge is -2.28. The molecule has 2 aromatic carbocycles. The number of nitrogens with two attached hydrogens (primary N) is 1. The van der Waals surface area contributed by atoms with E-state index in [0.717, 1.165) is 6.42 Å². The molecular weight excluding hydrogens is 351 g/mol. The number of carbonyl (C=O) groups is 1.